The average Bonchev–Trinajstić information content (AvgIpc) is 3.18. The van der Waals surface area contributed by atoms with E-state index in [-0.39, 0.29) is 11.8 Å². The number of nitrogens with zero attached hydrogens (tertiary/aromatic N) is 2. The third kappa shape index (κ3) is 3.29. The summed E-state index contributed by atoms with van der Waals surface area (Å²) < 4.78 is 0. The molecule has 2 heterocycles. The number of likely N-dealkylation sites (tertiary alicyclic amines) is 1. The zero-order chi connectivity index (χ0) is 17.2. The van der Waals surface area contributed by atoms with Crippen LogP contribution in [0.15, 0.2) is 53.4 Å². The number of benzene rings is 2. The van der Waals surface area contributed by atoms with E-state index in [9.17, 15) is 9.59 Å². The summed E-state index contributed by atoms with van der Waals surface area (Å²) in [4.78, 5) is 29.9. The summed E-state index contributed by atoms with van der Waals surface area (Å²) in [6, 6.07) is 15.7. The topological polar surface area (TPSA) is 40.6 Å². The summed E-state index contributed by atoms with van der Waals surface area (Å²) in [5.41, 5.74) is 2.66. The zero-order valence-corrected chi connectivity index (χ0v) is 14.8. The molecule has 2 aromatic carbocycles. The minimum atomic E-state index is 0.0975. The van der Waals surface area contributed by atoms with Gasteiger partial charge in [0, 0.05) is 23.5 Å². The van der Waals surface area contributed by atoms with Gasteiger partial charge in [-0.1, -0.05) is 24.3 Å². The van der Waals surface area contributed by atoms with Crippen molar-refractivity contribution < 1.29 is 9.59 Å². The highest BCUT2D eigenvalue weighted by Crippen LogP contribution is 2.35. The SMILES string of the molecule is O=C(c1cccc(CN2C(=O)CSc3ccccc32)c1)N1CCCC1. The number of fused-ring (bicyclic) bond motifs is 1. The summed E-state index contributed by atoms with van der Waals surface area (Å²) in [5.74, 6) is 0.670. The molecule has 1 saturated heterocycles. The minimum Gasteiger partial charge on any atom is -0.339 e. The largest absolute Gasteiger partial charge is 0.339 e. The Hall–Kier alpha value is -2.27. The van der Waals surface area contributed by atoms with Crippen molar-refractivity contribution in [3.63, 3.8) is 0 Å². The molecule has 0 spiro atoms. The highest BCUT2D eigenvalue weighted by Gasteiger charge is 2.25. The first kappa shape index (κ1) is 16.2. The van der Waals surface area contributed by atoms with Gasteiger partial charge < -0.3 is 9.80 Å². The van der Waals surface area contributed by atoms with Crippen molar-refractivity contribution >= 4 is 29.3 Å². The molecule has 5 heteroatoms. The van der Waals surface area contributed by atoms with E-state index in [2.05, 4.69) is 0 Å². The van der Waals surface area contributed by atoms with E-state index in [1.54, 1.807) is 11.8 Å². The van der Waals surface area contributed by atoms with Gasteiger partial charge in [0.15, 0.2) is 0 Å². The predicted octanol–water partition coefficient (Wildman–Crippen LogP) is 3.56. The van der Waals surface area contributed by atoms with Gasteiger partial charge in [0.1, 0.15) is 0 Å². The van der Waals surface area contributed by atoms with Crippen molar-refractivity contribution in [3.05, 3.63) is 59.7 Å². The molecule has 0 bridgehead atoms. The van der Waals surface area contributed by atoms with Crippen LogP contribution in [0.5, 0.6) is 0 Å². The molecule has 25 heavy (non-hydrogen) atoms. The molecule has 128 valence electrons. The fourth-order valence-electron chi connectivity index (χ4n) is 3.42. The van der Waals surface area contributed by atoms with Gasteiger partial charge in [0.2, 0.25) is 5.91 Å². The van der Waals surface area contributed by atoms with E-state index in [1.165, 1.54) is 0 Å². The molecule has 0 N–H and O–H groups in total. The van der Waals surface area contributed by atoms with Crippen LogP contribution in [0.4, 0.5) is 5.69 Å². The van der Waals surface area contributed by atoms with Gasteiger partial charge in [-0.25, -0.2) is 0 Å². The average molecular weight is 352 g/mol. The first-order valence-corrected chi connectivity index (χ1v) is 9.61. The maximum Gasteiger partial charge on any atom is 0.253 e. The highest BCUT2D eigenvalue weighted by molar-refractivity contribution is 8.00. The Morgan fingerprint density at radius 1 is 1.04 bits per heavy atom. The summed E-state index contributed by atoms with van der Waals surface area (Å²) >= 11 is 1.58. The summed E-state index contributed by atoms with van der Waals surface area (Å²) in [5, 5.41) is 0. The molecule has 4 nitrogen and oxygen atoms in total. The molecule has 2 amide bonds. The van der Waals surface area contributed by atoms with Crippen LogP contribution in [0.25, 0.3) is 0 Å². The van der Waals surface area contributed by atoms with Crippen LogP contribution in [-0.4, -0.2) is 35.6 Å². The Kier molecular flexibility index (Phi) is 4.49. The third-order valence-corrected chi connectivity index (χ3v) is 5.76. The van der Waals surface area contributed by atoms with E-state index in [0.29, 0.717) is 17.9 Å². The lowest BCUT2D eigenvalue weighted by Gasteiger charge is -2.29. The number of carbonyl (C=O) groups is 2. The minimum absolute atomic E-state index is 0.0975. The van der Waals surface area contributed by atoms with Gasteiger partial charge in [-0.3, -0.25) is 9.59 Å². The number of hydrogen-bond donors (Lipinski definition) is 0. The third-order valence-electron chi connectivity index (χ3n) is 4.72. The molecule has 0 saturated carbocycles. The van der Waals surface area contributed by atoms with Crippen LogP contribution in [0.3, 0.4) is 0 Å². The molecule has 0 aromatic heterocycles. The Morgan fingerprint density at radius 3 is 2.68 bits per heavy atom. The molecule has 0 aliphatic carbocycles. The van der Waals surface area contributed by atoms with Crippen molar-refractivity contribution in [2.45, 2.75) is 24.3 Å². The van der Waals surface area contributed by atoms with Crippen LogP contribution in [-0.2, 0) is 11.3 Å². The van der Waals surface area contributed by atoms with E-state index >= 15 is 0 Å². The van der Waals surface area contributed by atoms with E-state index in [1.807, 2.05) is 58.3 Å². The first-order valence-electron chi connectivity index (χ1n) is 8.63. The normalized spacial score (nSPS) is 16.9. The monoisotopic (exact) mass is 352 g/mol. The van der Waals surface area contributed by atoms with Crippen molar-refractivity contribution in [2.75, 3.05) is 23.7 Å². The molecule has 2 aliphatic rings. The molecule has 0 radical (unpaired) electrons. The molecule has 0 atom stereocenters. The Morgan fingerprint density at radius 2 is 1.84 bits per heavy atom. The fraction of sp³-hybridized carbons (Fsp3) is 0.300. The van der Waals surface area contributed by atoms with Crippen molar-refractivity contribution in [1.82, 2.24) is 4.90 Å². The number of anilines is 1. The smallest absolute Gasteiger partial charge is 0.253 e. The van der Waals surface area contributed by atoms with Crippen LogP contribution >= 0.6 is 11.8 Å². The Labute approximate surface area is 151 Å². The van der Waals surface area contributed by atoms with Crippen LogP contribution in [0, 0.1) is 0 Å². The lowest BCUT2D eigenvalue weighted by atomic mass is 10.1. The number of para-hydroxylation sites is 1. The lowest BCUT2D eigenvalue weighted by molar-refractivity contribution is -0.116. The van der Waals surface area contributed by atoms with Gasteiger partial charge in [-0.05, 0) is 42.7 Å². The van der Waals surface area contributed by atoms with Crippen molar-refractivity contribution in [3.8, 4) is 0 Å². The molecule has 2 aliphatic heterocycles. The second-order valence-corrected chi connectivity index (χ2v) is 7.45. The Balaban J connectivity index is 1.58. The van der Waals surface area contributed by atoms with Gasteiger partial charge >= 0.3 is 0 Å². The number of hydrogen-bond acceptors (Lipinski definition) is 3. The highest BCUT2D eigenvalue weighted by atomic mass is 32.2. The standard InChI is InChI=1S/C20H20N2O2S/c23-19-14-25-18-9-2-1-8-17(18)22(19)13-15-6-5-7-16(12-15)20(24)21-10-3-4-11-21/h1-2,5-9,12H,3-4,10-11,13-14H2. The maximum atomic E-state index is 12.6. The summed E-state index contributed by atoms with van der Waals surface area (Å²) in [6.45, 7) is 2.19. The van der Waals surface area contributed by atoms with Gasteiger partial charge in [0.25, 0.3) is 5.91 Å². The van der Waals surface area contributed by atoms with Gasteiger partial charge in [0.05, 0.1) is 18.0 Å². The van der Waals surface area contributed by atoms with Crippen LogP contribution in [0.1, 0.15) is 28.8 Å². The molecular weight excluding hydrogens is 332 g/mol. The quantitative estimate of drug-likeness (QED) is 0.848. The Bertz CT molecular complexity index is 815. The lowest BCUT2D eigenvalue weighted by Crippen LogP contribution is -2.34. The molecule has 2 aromatic rings. The summed E-state index contributed by atoms with van der Waals surface area (Å²) in [6.07, 6.45) is 2.17. The van der Waals surface area contributed by atoms with Crippen LogP contribution < -0.4 is 4.90 Å². The molecule has 1 fully saturated rings. The van der Waals surface area contributed by atoms with Crippen LogP contribution in [0.2, 0.25) is 0 Å². The van der Waals surface area contributed by atoms with E-state index in [0.717, 1.165) is 42.1 Å². The summed E-state index contributed by atoms with van der Waals surface area (Å²) in [7, 11) is 0. The fourth-order valence-corrected chi connectivity index (χ4v) is 4.35. The molecule has 0 unspecified atom stereocenters. The zero-order valence-electron chi connectivity index (χ0n) is 14.0. The second kappa shape index (κ2) is 6.92. The second-order valence-electron chi connectivity index (χ2n) is 6.44. The number of rotatable bonds is 3. The maximum absolute atomic E-state index is 12.6. The molecule has 4 rings (SSSR count). The van der Waals surface area contributed by atoms with Gasteiger partial charge in [-0.2, -0.15) is 0 Å². The number of amides is 2. The van der Waals surface area contributed by atoms with E-state index < -0.39 is 0 Å². The first-order chi connectivity index (χ1) is 12.2. The van der Waals surface area contributed by atoms with E-state index in [4.69, 9.17) is 0 Å². The predicted molar refractivity (Wildman–Crippen MR) is 99.9 cm³/mol. The number of thioether (sulfide) groups is 1. The number of carbonyl (C=O) groups excluding carboxylic acids is 2. The van der Waals surface area contributed by atoms with Crippen molar-refractivity contribution in [1.29, 1.82) is 0 Å². The van der Waals surface area contributed by atoms with Gasteiger partial charge in [-0.15, -0.1) is 11.8 Å². The molecular formula is C20H20N2O2S. The van der Waals surface area contributed by atoms with Crippen molar-refractivity contribution in [2.24, 2.45) is 0 Å².